The Hall–Kier alpha value is -3.67. The van der Waals surface area contributed by atoms with Gasteiger partial charge in [-0.1, -0.05) is 12.1 Å². The van der Waals surface area contributed by atoms with Crippen LogP contribution < -0.4 is 15.0 Å². The van der Waals surface area contributed by atoms with Crippen LogP contribution in [0.15, 0.2) is 48.1 Å². The normalized spacial score (nSPS) is 11.0. The number of anilines is 1. The number of pyridine rings is 2. The van der Waals surface area contributed by atoms with Gasteiger partial charge in [-0.3, -0.25) is 9.78 Å². The number of amides is 1. The number of aromatic nitrogens is 4. The number of nitrogens with zero attached hydrogens (tertiary/aromatic N) is 5. The summed E-state index contributed by atoms with van der Waals surface area (Å²) in [5.74, 6) is 1.38. The number of methoxy groups -OCH3 is 1. The minimum absolute atomic E-state index is 0.0220. The molecule has 0 saturated heterocycles. The van der Waals surface area contributed by atoms with Crippen LogP contribution in [-0.2, 0) is 6.42 Å². The van der Waals surface area contributed by atoms with Gasteiger partial charge in [-0.05, 0) is 37.0 Å². The molecule has 4 aromatic heterocycles. The standard InChI is InChI=1S/C26H30N6O4S/c1-36-21-8-7-18(16-29-21)9-11-28-25(35)19-17-37-26-22(19)24(32(12-4-14-33)13-5-15-34)30-23(31-26)20-6-2-3-10-27-20/h2-3,6-8,10,16-17,33-34H,4-5,9,11-15H2,1H3,(H,28,35). The van der Waals surface area contributed by atoms with E-state index >= 15 is 0 Å². The first kappa shape index (κ1) is 26.4. The van der Waals surface area contributed by atoms with Gasteiger partial charge in [0.1, 0.15) is 16.3 Å². The lowest BCUT2D eigenvalue weighted by Crippen LogP contribution is -2.29. The SMILES string of the molecule is COc1ccc(CCNC(=O)c2csc3nc(-c4ccccn4)nc(N(CCCO)CCCO)c23)cn1. The topological polar surface area (TPSA) is 134 Å². The van der Waals surface area contributed by atoms with Crippen LogP contribution in [0.4, 0.5) is 5.82 Å². The summed E-state index contributed by atoms with van der Waals surface area (Å²) in [7, 11) is 1.57. The van der Waals surface area contributed by atoms with E-state index in [1.54, 1.807) is 30.9 Å². The van der Waals surface area contributed by atoms with Crippen molar-refractivity contribution >= 4 is 33.3 Å². The van der Waals surface area contributed by atoms with Gasteiger partial charge in [0.15, 0.2) is 5.82 Å². The van der Waals surface area contributed by atoms with Gasteiger partial charge >= 0.3 is 0 Å². The second-order valence-electron chi connectivity index (χ2n) is 8.27. The van der Waals surface area contributed by atoms with Crippen molar-refractivity contribution in [3.63, 3.8) is 0 Å². The van der Waals surface area contributed by atoms with E-state index in [-0.39, 0.29) is 19.1 Å². The lowest BCUT2D eigenvalue weighted by Gasteiger charge is -2.24. The van der Waals surface area contributed by atoms with Gasteiger partial charge in [-0.15, -0.1) is 11.3 Å². The highest BCUT2D eigenvalue weighted by Crippen LogP contribution is 2.34. The van der Waals surface area contributed by atoms with Gasteiger partial charge in [0.25, 0.3) is 5.91 Å². The third-order valence-corrected chi connectivity index (χ3v) is 6.60. The molecule has 0 radical (unpaired) electrons. The quantitative estimate of drug-likeness (QED) is 0.242. The van der Waals surface area contributed by atoms with Crippen molar-refractivity contribution < 1.29 is 19.7 Å². The summed E-state index contributed by atoms with van der Waals surface area (Å²) in [4.78, 5) is 34.1. The molecule has 10 nitrogen and oxygen atoms in total. The molecule has 4 aromatic rings. The molecule has 4 rings (SSSR count). The molecule has 1 amide bonds. The Balaban J connectivity index is 1.64. The summed E-state index contributed by atoms with van der Waals surface area (Å²) in [5, 5.41) is 24.4. The van der Waals surface area contributed by atoms with Crippen molar-refractivity contribution in [2.45, 2.75) is 19.3 Å². The highest BCUT2D eigenvalue weighted by molar-refractivity contribution is 7.17. The third-order valence-electron chi connectivity index (χ3n) is 5.73. The summed E-state index contributed by atoms with van der Waals surface area (Å²) in [6, 6.07) is 9.25. The Morgan fingerprint density at radius 3 is 2.54 bits per heavy atom. The van der Waals surface area contributed by atoms with E-state index in [1.165, 1.54) is 11.3 Å². The van der Waals surface area contributed by atoms with Crippen LogP contribution in [0.2, 0.25) is 0 Å². The maximum atomic E-state index is 13.3. The third kappa shape index (κ3) is 6.56. The predicted molar refractivity (Wildman–Crippen MR) is 143 cm³/mol. The van der Waals surface area contributed by atoms with Crippen LogP contribution in [0.5, 0.6) is 5.88 Å². The van der Waals surface area contributed by atoms with Gasteiger partial charge in [0.05, 0.1) is 18.1 Å². The van der Waals surface area contributed by atoms with Crippen molar-refractivity contribution in [1.29, 1.82) is 0 Å². The van der Waals surface area contributed by atoms with Crippen LogP contribution >= 0.6 is 11.3 Å². The number of rotatable bonds is 13. The molecule has 0 fully saturated rings. The van der Waals surface area contributed by atoms with E-state index in [2.05, 4.69) is 15.3 Å². The predicted octanol–water partition coefficient (Wildman–Crippen LogP) is 2.70. The van der Waals surface area contributed by atoms with E-state index in [4.69, 9.17) is 14.7 Å². The van der Waals surface area contributed by atoms with Crippen molar-refractivity contribution in [2.24, 2.45) is 0 Å². The summed E-state index contributed by atoms with van der Waals surface area (Å²) < 4.78 is 5.09. The van der Waals surface area contributed by atoms with Crippen molar-refractivity contribution in [1.82, 2.24) is 25.3 Å². The molecule has 0 aliphatic carbocycles. The minimum Gasteiger partial charge on any atom is -0.481 e. The van der Waals surface area contributed by atoms with Crippen molar-refractivity contribution in [2.75, 3.05) is 44.9 Å². The first-order chi connectivity index (χ1) is 18.1. The highest BCUT2D eigenvalue weighted by atomic mass is 32.1. The molecule has 0 aliphatic heterocycles. The first-order valence-electron chi connectivity index (χ1n) is 12.1. The number of hydrogen-bond donors (Lipinski definition) is 3. The van der Waals surface area contributed by atoms with Crippen LogP contribution in [0.1, 0.15) is 28.8 Å². The minimum atomic E-state index is -0.215. The number of thiophene rings is 1. The molecule has 0 aromatic carbocycles. The molecule has 0 bridgehead atoms. The lowest BCUT2D eigenvalue weighted by molar-refractivity contribution is 0.0956. The maximum absolute atomic E-state index is 13.3. The van der Waals surface area contributed by atoms with E-state index in [9.17, 15) is 15.0 Å². The van der Waals surface area contributed by atoms with Crippen molar-refractivity contribution in [3.8, 4) is 17.4 Å². The van der Waals surface area contributed by atoms with E-state index in [1.807, 2.05) is 29.2 Å². The molecular weight excluding hydrogens is 492 g/mol. The van der Waals surface area contributed by atoms with Gasteiger partial charge in [-0.25, -0.2) is 15.0 Å². The fourth-order valence-electron chi connectivity index (χ4n) is 3.87. The molecule has 37 heavy (non-hydrogen) atoms. The molecule has 0 aliphatic rings. The second kappa shape index (κ2) is 13.0. The van der Waals surface area contributed by atoms with Gasteiger partial charge < -0.3 is 25.2 Å². The number of aliphatic hydroxyl groups is 2. The largest absolute Gasteiger partial charge is 0.481 e. The number of hydrogen-bond acceptors (Lipinski definition) is 10. The van der Waals surface area contributed by atoms with Crippen molar-refractivity contribution in [3.05, 3.63) is 59.2 Å². The molecule has 0 unspecified atom stereocenters. The van der Waals surface area contributed by atoms with Crippen LogP contribution in [0.3, 0.4) is 0 Å². The summed E-state index contributed by atoms with van der Waals surface area (Å²) in [6.45, 7) is 1.52. The number of fused-ring (bicyclic) bond motifs is 1. The second-order valence-corrected chi connectivity index (χ2v) is 9.13. The Labute approximate surface area is 219 Å². The fraction of sp³-hybridized carbons (Fsp3) is 0.346. The maximum Gasteiger partial charge on any atom is 0.252 e. The number of nitrogens with one attached hydrogen (secondary N) is 1. The summed E-state index contributed by atoms with van der Waals surface area (Å²) in [5.41, 5.74) is 2.11. The summed E-state index contributed by atoms with van der Waals surface area (Å²) in [6.07, 6.45) is 5.09. The van der Waals surface area contributed by atoms with E-state index in [0.717, 1.165) is 5.56 Å². The Bertz CT molecular complexity index is 1290. The smallest absolute Gasteiger partial charge is 0.252 e. The first-order valence-corrected chi connectivity index (χ1v) is 13.0. The number of ether oxygens (including phenoxy) is 1. The highest BCUT2D eigenvalue weighted by Gasteiger charge is 2.23. The Morgan fingerprint density at radius 1 is 1.08 bits per heavy atom. The zero-order valence-corrected chi connectivity index (χ0v) is 21.4. The molecule has 0 atom stereocenters. The molecule has 3 N–H and O–H groups in total. The van der Waals surface area contributed by atoms with Crippen LogP contribution in [0.25, 0.3) is 21.7 Å². The van der Waals surface area contributed by atoms with Gasteiger partial charge in [0.2, 0.25) is 5.88 Å². The zero-order chi connectivity index (χ0) is 26.0. The molecule has 4 heterocycles. The Kier molecular flexibility index (Phi) is 9.30. The average Bonchev–Trinajstić information content (AvgIpc) is 3.38. The lowest BCUT2D eigenvalue weighted by atomic mass is 10.1. The number of carbonyl (C=O) groups excluding carboxylic acids is 1. The monoisotopic (exact) mass is 522 g/mol. The van der Waals surface area contributed by atoms with Gasteiger partial charge in [0, 0.05) is 56.7 Å². The van der Waals surface area contributed by atoms with E-state index < -0.39 is 0 Å². The van der Waals surface area contributed by atoms with Crippen LogP contribution in [0, 0.1) is 0 Å². The molecule has 11 heteroatoms. The molecule has 0 saturated carbocycles. The van der Waals surface area contributed by atoms with Gasteiger partial charge in [-0.2, -0.15) is 0 Å². The van der Waals surface area contributed by atoms with E-state index in [0.29, 0.717) is 77.9 Å². The Morgan fingerprint density at radius 2 is 1.89 bits per heavy atom. The molecule has 0 spiro atoms. The fourth-order valence-corrected chi connectivity index (χ4v) is 4.78. The summed E-state index contributed by atoms with van der Waals surface area (Å²) >= 11 is 1.38. The molecular formula is C26H30N6O4S. The number of aliphatic hydroxyl groups excluding tert-OH is 2. The average molecular weight is 523 g/mol. The van der Waals surface area contributed by atoms with Crippen LogP contribution in [-0.4, -0.2) is 76.0 Å². The zero-order valence-electron chi connectivity index (χ0n) is 20.6. The number of carbonyl (C=O) groups is 1. The molecule has 194 valence electrons.